The third-order valence-electron chi connectivity index (χ3n) is 3.55. The van der Waals surface area contributed by atoms with Gasteiger partial charge < -0.3 is 9.50 Å². The van der Waals surface area contributed by atoms with E-state index in [1.54, 1.807) is 0 Å². The number of nitrogens with zero attached hydrogens (tertiary/aromatic N) is 2. The summed E-state index contributed by atoms with van der Waals surface area (Å²) in [6.07, 6.45) is 0. The van der Waals surface area contributed by atoms with Crippen molar-refractivity contribution in [2.45, 2.75) is 4.90 Å². The second-order valence-electron chi connectivity index (χ2n) is 5.17. The van der Waals surface area contributed by atoms with Crippen molar-refractivity contribution in [1.29, 1.82) is 0 Å². The maximum atomic E-state index is 12.3. The standard InChI is InChI=1S/C15H13N3O6S/c19-15-16-9-10-17(15)11-3-7-14(8-4-11)25(22,23)24-13-5-1-12(2-6-13)18(20)21/h1-8H,9-10H2,(H,16,19). The van der Waals surface area contributed by atoms with Gasteiger partial charge in [0.2, 0.25) is 0 Å². The molecule has 0 bridgehead atoms. The molecule has 0 aromatic heterocycles. The summed E-state index contributed by atoms with van der Waals surface area (Å²) in [6.45, 7) is 1.03. The van der Waals surface area contributed by atoms with Gasteiger partial charge in [-0.25, -0.2) is 4.79 Å². The van der Waals surface area contributed by atoms with Crippen LogP contribution in [0.2, 0.25) is 0 Å². The van der Waals surface area contributed by atoms with Crippen LogP contribution in [-0.4, -0.2) is 32.5 Å². The van der Waals surface area contributed by atoms with Crippen LogP contribution in [0, 0.1) is 10.1 Å². The van der Waals surface area contributed by atoms with Gasteiger partial charge in [-0.05, 0) is 36.4 Å². The fourth-order valence-electron chi connectivity index (χ4n) is 2.31. The molecule has 10 heteroatoms. The van der Waals surface area contributed by atoms with Crippen LogP contribution in [0.3, 0.4) is 0 Å². The number of benzene rings is 2. The lowest BCUT2D eigenvalue weighted by atomic mass is 10.3. The molecule has 1 saturated heterocycles. The number of carbonyl (C=O) groups is 1. The van der Waals surface area contributed by atoms with Gasteiger partial charge in [-0.1, -0.05) is 0 Å². The highest BCUT2D eigenvalue weighted by molar-refractivity contribution is 7.87. The Morgan fingerprint density at radius 2 is 1.72 bits per heavy atom. The lowest BCUT2D eigenvalue weighted by Gasteiger charge is -2.14. The zero-order valence-electron chi connectivity index (χ0n) is 12.8. The highest BCUT2D eigenvalue weighted by Gasteiger charge is 2.22. The molecule has 2 amide bonds. The Bertz CT molecular complexity index is 909. The number of rotatable bonds is 5. The van der Waals surface area contributed by atoms with E-state index >= 15 is 0 Å². The van der Waals surface area contributed by atoms with Crippen molar-refractivity contribution in [3.8, 4) is 5.75 Å². The summed E-state index contributed by atoms with van der Waals surface area (Å²) in [5, 5.41) is 13.3. The van der Waals surface area contributed by atoms with Crippen LogP contribution in [0.5, 0.6) is 5.75 Å². The van der Waals surface area contributed by atoms with Crippen LogP contribution in [0.4, 0.5) is 16.2 Å². The average Bonchev–Trinajstić information content (AvgIpc) is 3.01. The first-order valence-electron chi connectivity index (χ1n) is 7.21. The fourth-order valence-corrected chi connectivity index (χ4v) is 3.24. The van der Waals surface area contributed by atoms with Gasteiger partial charge in [-0.2, -0.15) is 8.42 Å². The Labute approximate surface area is 143 Å². The Kier molecular flexibility index (Phi) is 4.28. The molecule has 3 rings (SSSR count). The van der Waals surface area contributed by atoms with Gasteiger partial charge in [0.1, 0.15) is 10.6 Å². The van der Waals surface area contributed by atoms with Crippen molar-refractivity contribution in [3.05, 3.63) is 58.6 Å². The lowest BCUT2D eigenvalue weighted by molar-refractivity contribution is -0.384. The molecule has 2 aromatic rings. The fraction of sp³-hybridized carbons (Fsp3) is 0.133. The number of urea groups is 1. The molecule has 25 heavy (non-hydrogen) atoms. The van der Waals surface area contributed by atoms with E-state index in [2.05, 4.69) is 5.32 Å². The number of amides is 2. The molecule has 0 saturated carbocycles. The van der Waals surface area contributed by atoms with E-state index < -0.39 is 15.0 Å². The van der Waals surface area contributed by atoms with E-state index in [0.717, 1.165) is 12.1 Å². The van der Waals surface area contributed by atoms with Gasteiger partial charge >= 0.3 is 16.1 Å². The van der Waals surface area contributed by atoms with Crippen molar-refractivity contribution < 1.29 is 22.3 Å². The number of nitrogens with one attached hydrogen (secondary N) is 1. The molecule has 130 valence electrons. The minimum absolute atomic E-state index is 0.0337. The van der Waals surface area contributed by atoms with Crippen LogP contribution in [0.15, 0.2) is 53.4 Å². The molecule has 1 fully saturated rings. The average molecular weight is 363 g/mol. The van der Waals surface area contributed by atoms with Crippen LogP contribution < -0.4 is 14.4 Å². The van der Waals surface area contributed by atoms with E-state index in [9.17, 15) is 23.3 Å². The van der Waals surface area contributed by atoms with E-state index in [4.69, 9.17) is 4.18 Å². The van der Waals surface area contributed by atoms with E-state index in [0.29, 0.717) is 18.8 Å². The third kappa shape index (κ3) is 3.53. The number of nitro benzene ring substituents is 1. The van der Waals surface area contributed by atoms with E-state index in [1.807, 2.05) is 0 Å². The summed E-state index contributed by atoms with van der Waals surface area (Å²) in [7, 11) is -4.09. The number of carbonyl (C=O) groups excluding carboxylic acids is 1. The molecule has 0 aliphatic carbocycles. The first-order valence-corrected chi connectivity index (χ1v) is 8.62. The van der Waals surface area contributed by atoms with Crippen molar-refractivity contribution >= 4 is 27.5 Å². The largest absolute Gasteiger partial charge is 0.379 e. The molecule has 1 N–H and O–H groups in total. The summed E-state index contributed by atoms with van der Waals surface area (Å²) < 4.78 is 29.5. The Balaban J connectivity index is 1.77. The molecule has 1 aliphatic heterocycles. The Hall–Kier alpha value is -3.14. The van der Waals surface area contributed by atoms with Crippen molar-refractivity contribution in [2.24, 2.45) is 0 Å². The summed E-state index contributed by atoms with van der Waals surface area (Å²) in [6, 6.07) is 10.2. The summed E-state index contributed by atoms with van der Waals surface area (Å²) in [5.41, 5.74) is 0.405. The summed E-state index contributed by atoms with van der Waals surface area (Å²) in [5.74, 6) is -0.0337. The first-order chi connectivity index (χ1) is 11.9. The molecule has 1 aliphatic rings. The molecule has 1 heterocycles. The lowest BCUT2D eigenvalue weighted by Crippen LogP contribution is -2.27. The highest BCUT2D eigenvalue weighted by Crippen LogP contribution is 2.24. The smallest absolute Gasteiger partial charge is 0.339 e. The van der Waals surface area contributed by atoms with Gasteiger partial charge in [-0.15, -0.1) is 0 Å². The Morgan fingerprint density at radius 1 is 1.08 bits per heavy atom. The second-order valence-corrected chi connectivity index (χ2v) is 6.71. The Morgan fingerprint density at radius 3 is 2.24 bits per heavy atom. The van der Waals surface area contributed by atoms with Crippen LogP contribution in [0.25, 0.3) is 0 Å². The third-order valence-corrected chi connectivity index (χ3v) is 4.81. The maximum Gasteiger partial charge on any atom is 0.339 e. The molecular formula is C15H13N3O6S. The normalized spacial score (nSPS) is 14.2. The molecule has 0 unspecified atom stereocenters. The molecule has 0 radical (unpaired) electrons. The number of nitro groups is 1. The predicted octanol–water partition coefficient (Wildman–Crippen LogP) is 1.89. The van der Waals surface area contributed by atoms with E-state index in [-0.39, 0.29) is 22.4 Å². The van der Waals surface area contributed by atoms with Gasteiger partial charge in [0.15, 0.2) is 0 Å². The van der Waals surface area contributed by atoms with Crippen molar-refractivity contribution in [3.63, 3.8) is 0 Å². The zero-order chi connectivity index (χ0) is 18.0. The monoisotopic (exact) mass is 363 g/mol. The predicted molar refractivity (Wildman–Crippen MR) is 88.1 cm³/mol. The minimum atomic E-state index is -4.09. The summed E-state index contributed by atoms with van der Waals surface area (Å²) in [4.78, 5) is 23.0. The molecular weight excluding hydrogens is 350 g/mol. The molecule has 9 nitrogen and oxygen atoms in total. The van der Waals surface area contributed by atoms with Gasteiger partial charge in [0.25, 0.3) is 5.69 Å². The number of anilines is 1. The molecule has 0 spiro atoms. The molecule has 2 aromatic carbocycles. The van der Waals surface area contributed by atoms with Crippen LogP contribution in [0.1, 0.15) is 0 Å². The quantitative estimate of drug-likeness (QED) is 0.492. The number of hydrogen-bond donors (Lipinski definition) is 1. The van der Waals surface area contributed by atoms with Crippen molar-refractivity contribution in [2.75, 3.05) is 18.0 Å². The number of hydrogen-bond acceptors (Lipinski definition) is 6. The number of non-ortho nitro benzene ring substituents is 1. The van der Waals surface area contributed by atoms with Crippen LogP contribution in [-0.2, 0) is 10.1 Å². The van der Waals surface area contributed by atoms with Gasteiger partial charge in [0.05, 0.1) is 4.92 Å². The summed E-state index contributed by atoms with van der Waals surface area (Å²) >= 11 is 0. The maximum absolute atomic E-state index is 12.3. The van der Waals surface area contributed by atoms with Crippen LogP contribution >= 0.6 is 0 Å². The topological polar surface area (TPSA) is 119 Å². The minimum Gasteiger partial charge on any atom is -0.379 e. The van der Waals surface area contributed by atoms with Gasteiger partial charge in [-0.3, -0.25) is 15.0 Å². The van der Waals surface area contributed by atoms with Gasteiger partial charge in [0, 0.05) is 30.9 Å². The first kappa shape index (κ1) is 16.7. The van der Waals surface area contributed by atoms with Crippen molar-refractivity contribution in [1.82, 2.24) is 5.32 Å². The second kappa shape index (κ2) is 6.40. The SMILES string of the molecule is O=C1NCCN1c1ccc(S(=O)(=O)Oc2ccc([N+](=O)[O-])cc2)cc1. The highest BCUT2D eigenvalue weighted by atomic mass is 32.2. The zero-order valence-corrected chi connectivity index (χ0v) is 13.6. The molecule has 0 atom stereocenters. The van der Waals surface area contributed by atoms with E-state index in [1.165, 1.54) is 41.3 Å².